The van der Waals surface area contributed by atoms with Crippen LogP contribution in [0.15, 0.2) is 83.3 Å². The molecule has 0 heterocycles. The molecule has 0 saturated heterocycles. The molecule has 0 fully saturated rings. The molecular weight excluding hydrogens is 442 g/mol. The van der Waals surface area contributed by atoms with Crippen LogP contribution in [0.4, 0.5) is 5.69 Å². The standard InChI is InChI=1S/C25H14BrNO3/c26-22-10-4-7-15-16(22)8-3-9-20(15)25(30)27-14-11-12-19-21(13-14)24(29)18-6-2-1-5-17(18)23(19)28/h1-13H,(H,27,30). The van der Waals surface area contributed by atoms with E-state index in [2.05, 4.69) is 21.2 Å². The highest BCUT2D eigenvalue weighted by Crippen LogP contribution is 2.30. The van der Waals surface area contributed by atoms with Gasteiger partial charge in [0.05, 0.1) is 0 Å². The number of nitrogens with one attached hydrogen (secondary N) is 1. The van der Waals surface area contributed by atoms with Crippen molar-refractivity contribution in [3.8, 4) is 0 Å². The lowest BCUT2D eigenvalue weighted by molar-refractivity contribution is 0.0979. The number of hydrogen-bond acceptors (Lipinski definition) is 3. The van der Waals surface area contributed by atoms with E-state index in [4.69, 9.17) is 0 Å². The highest BCUT2D eigenvalue weighted by molar-refractivity contribution is 9.10. The monoisotopic (exact) mass is 455 g/mol. The van der Waals surface area contributed by atoms with Crippen LogP contribution in [-0.4, -0.2) is 17.5 Å². The molecule has 0 atom stereocenters. The number of halogens is 1. The maximum absolute atomic E-state index is 13.0. The summed E-state index contributed by atoms with van der Waals surface area (Å²) in [4.78, 5) is 38.6. The van der Waals surface area contributed by atoms with E-state index in [1.807, 2.05) is 30.3 Å². The van der Waals surface area contributed by atoms with E-state index in [0.717, 1.165) is 15.2 Å². The first kappa shape index (κ1) is 18.5. The van der Waals surface area contributed by atoms with Crippen molar-refractivity contribution in [2.24, 2.45) is 0 Å². The Morgan fingerprint density at radius 1 is 0.667 bits per heavy atom. The molecule has 4 aromatic carbocycles. The number of fused-ring (bicyclic) bond motifs is 3. The van der Waals surface area contributed by atoms with Gasteiger partial charge < -0.3 is 5.32 Å². The second-order valence-corrected chi connectivity index (χ2v) is 7.91. The lowest BCUT2D eigenvalue weighted by Crippen LogP contribution is -2.21. The van der Waals surface area contributed by atoms with Crippen molar-refractivity contribution in [3.05, 3.63) is 111 Å². The maximum atomic E-state index is 13.0. The Hall–Kier alpha value is -3.57. The van der Waals surface area contributed by atoms with Gasteiger partial charge in [-0.2, -0.15) is 0 Å². The van der Waals surface area contributed by atoms with Crippen LogP contribution in [0.5, 0.6) is 0 Å². The van der Waals surface area contributed by atoms with Gasteiger partial charge in [-0.05, 0) is 41.1 Å². The summed E-state index contributed by atoms with van der Waals surface area (Å²) in [5.41, 5.74) is 2.44. The zero-order valence-electron chi connectivity index (χ0n) is 15.6. The van der Waals surface area contributed by atoms with Crippen molar-refractivity contribution in [3.63, 3.8) is 0 Å². The summed E-state index contributed by atoms with van der Waals surface area (Å²) in [5.74, 6) is -0.684. The molecule has 5 rings (SSSR count). The van der Waals surface area contributed by atoms with Gasteiger partial charge in [-0.15, -0.1) is 0 Å². The van der Waals surface area contributed by atoms with Crippen LogP contribution >= 0.6 is 15.9 Å². The Kier molecular flexibility index (Phi) is 4.33. The van der Waals surface area contributed by atoms with Crippen LogP contribution in [0, 0.1) is 0 Å². The van der Waals surface area contributed by atoms with Gasteiger partial charge in [0, 0.05) is 38.0 Å². The van der Waals surface area contributed by atoms with E-state index in [1.54, 1.807) is 48.5 Å². The topological polar surface area (TPSA) is 63.2 Å². The van der Waals surface area contributed by atoms with E-state index in [-0.39, 0.29) is 17.5 Å². The molecule has 0 unspecified atom stereocenters. The molecule has 4 aromatic rings. The zero-order chi connectivity index (χ0) is 20.8. The summed E-state index contributed by atoms with van der Waals surface area (Å²) in [5, 5.41) is 4.62. The van der Waals surface area contributed by atoms with Crippen LogP contribution in [0.3, 0.4) is 0 Å². The molecule has 0 aromatic heterocycles. The van der Waals surface area contributed by atoms with Crippen LogP contribution in [0.1, 0.15) is 42.2 Å². The Morgan fingerprint density at radius 2 is 1.30 bits per heavy atom. The highest BCUT2D eigenvalue weighted by atomic mass is 79.9. The SMILES string of the molecule is O=C1c2ccccc2C(=O)c2cc(NC(=O)c3cccc4c(Br)cccc34)ccc21. The summed E-state index contributed by atoms with van der Waals surface area (Å²) >= 11 is 3.51. The molecule has 144 valence electrons. The Balaban J connectivity index is 1.52. The van der Waals surface area contributed by atoms with Gasteiger partial charge in [-0.1, -0.05) is 64.5 Å². The first-order valence-electron chi connectivity index (χ1n) is 9.35. The van der Waals surface area contributed by atoms with Crippen molar-refractivity contribution in [1.82, 2.24) is 0 Å². The van der Waals surface area contributed by atoms with Crippen molar-refractivity contribution >= 4 is 49.9 Å². The van der Waals surface area contributed by atoms with Gasteiger partial charge in [-0.25, -0.2) is 0 Å². The molecule has 30 heavy (non-hydrogen) atoms. The number of hydrogen-bond donors (Lipinski definition) is 1. The summed E-state index contributed by atoms with van der Waals surface area (Å²) in [6, 6.07) is 22.8. The number of rotatable bonds is 2. The lowest BCUT2D eigenvalue weighted by atomic mass is 9.84. The Morgan fingerprint density at radius 3 is 2.07 bits per heavy atom. The fourth-order valence-corrected chi connectivity index (χ4v) is 4.34. The predicted molar refractivity (Wildman–Crippen MR) is 119 cm³/mol. The van der Waals surface area contributed by atoms with Crippen LogP contribution in [0.25, 0.3) is 10.8 Å². The molecule has 1 aliphatic rings. The van der Waals surface area contributed by atoms with Crippen molar-refractivity contribution < 1.29 is 14.4 Å². The maximum Gasteiger partial charge on any atom is 0.256 e. The van der Waals surface area contributed by atoms with E-state index < -0.39 is 0 Å². The molecule has 1 aliphatic carbocycles. The summed E-state index contributed by atoms with van der Waals surface area (Å²) < 4.78 is 0.909. The molecule has 1 amide bonds. The minimum Gasteiger partial charge on any atom is -0.322 e. The average molecular weight is 456 g/mol. The largest absolute Gasteiger partial charge is 0.322 e. The van der Waals surface area contributed by atoms with Gasteiger partial charge in [0.25, 0.3) is 5.91 Å². The average Bonchev–Trinajstić information content (AvgIpc) is 2.77. The van der Waals surface area contributed by atoms with E-state index in [1.165, 1.54) is 0 Å². The van der Waals surface area contributed by atoms with Gasteiger partial charge in [0.15, 0.2) is 11.6 Å². The minimum atomic E-state index is -0.284. The first-order chi connectivity index (χ1) is 14.5. The summed E-state index contributed by atoms with van der Waals surface area (Å²) in [6.45, 7) is 0. The van der Waals surface area contributed by atoms with Crippen LogP contribution < -0.4 is 5.32 Å². The lowest BCUT2D eigenvalue weighted by Gasteiger charge is -2.18. The van der Waals surface area contributed by atoms with Crippen molar-refractivity contribution in [1.29, 1.82) is 0 Å². The number of anilines is 1. The summed E-state index contributed by atoms with van der Waals surface area (Å²) in [6.07, 6.45) is 0. The summed E-state index contributed by atoms with van der Waals surface area (Å²) in [7, 11) is 0. The molecule has 4 nitrogen and oxygen atoms in total. The molecule has 0 saturated carbocycles. The van der Waals surface area contributed by atoms with E-state index >= 15 is 0 Å². The smallest absolute Gasteiger partial charge is 0.256 e. The van der Waals surface area contributed by atoms with E-state index in [0.29, 0.717) is 33.5 Å². The van der Waals surface area contributed by atoms with Crippen molar-refractivity contribution in [2.75, 3.05) is 5.32 Å². The van der Waals surface area contributed by atoms with Crippen LogP contribution in [0.2, 0.25) is 0 Å². The second-order valence-electron chi connectivity index (χ2n) is 7.06. The van der Waals surface area contributed by atoms with E-state index in [9.17, 15) is 14.4 Å². The van der Waals surface area contributed by atoms with Crippen molar-refractivity contribution in [2.45, 2.75) is 0 Å². The molecule has 0 aliphatic heterocycles. The molecular formula is C25H14BrNO3. The van der Waals surface area contributed by atoms with Gasteiger partial charge in [0.1, 0.15) is 0 Å². The fraction of sp³-hybridized carbons (Fsp3) is 0. The van der Waals surface area contributed by atoms with Gasteiger partial charge >= 0.3 is 0 Å². The highest BCUT2D eigenvalue weighted by Gasteiger charge is 2.29. The molecule has 5 heteroatoms. The predicted octanol–water partition coefficient (Wildman–Crippen LogP) is 5.63. The quantitative estimate of drug-likeness (QED) is 0.375. The van der Waals surface area contributed by atoms with Gasteiger partial charge in [-0.3, -0.25) is 14.4 Å². The third-order valence-electron chi connectivity index (χ3n) is 5.30. The number of amides is 1. The normalized spacial score (nSPS) is 12.4. The first-order valence-corrected chi connectivity index (χ1v) is 10.1. The van der Waals surface area contributed by atoms with Crippen LogP contribution in [-0.2, 0) is 0 Å². The number of carbonyl (C=O) groups excluding carboxylic acids is 3. The fourth-order valence-electron chi connectivity index (χ4n) is 3.85. The molecule has 0 radical (unpaired) electrons. The molecule has 0 bridgehead atoms. The molecule has 1 N–H and O–H groups in total. The third kappa shape index (κ3) is 2.86. The second kappa shape index (κ2) is 7.04. The zero-order valence-corrected chi connectivity index (χ0v) is 17.2. The third-order valence-corrected chi connectivity index (χ3v) is 5.99. The van der Waals surface area contributed by atoms with Gasteiger partial charge in [0.2, 0.25) is 0 Å². The Bertz CT molecular complexity index is 1390. The number of carbonyl (C=O) groups is 3. The Labute approximate surface area is 180 Å². The molecule has 0 spiro atoms. The number of benzene rings is 4. The number of ketones is 2. The minimum absolute atomic E-state index is 0.183.